The monoisotopic (exact) mass is 340 g/mol. The largest absolute Gasteiger partial charge is 0.493 e. The molecule has 2 amide bonds. The molecular formula is C20H24N2O3. The first-order chi connectivity index (χ1) is 12.1. The molecule has 0 saturated heterocycles. The maximum absolute atomic E-state index is 12.8. The van der Waals surface area contributed by atoms with Gasteiger partial charge in [0.15, 0.2) is 11.5 Å². The summed E-state index contributed by atoms with van der Waals surface area (Å²) in [4.78, 5) is 16.3. The Hall–Kier alpha value is -2.69. The van der Waals surface area contributed by atoms with E-state index in [0.717, 1.165) is 23.3 Å². The van der Waals surface area contributed by atoms with E-state index in [4.69, 9.17) is 9.47 Å². The van der Waals surface area contributed by atoms with Crippen LogP contribution in [0, 0.1) is 0 Å². The topological polar surface area (TPSA) is 42.0 Å². The van der Waals surface area contributed by atoms with Crippen LogP contribution in [0.3, 0.4) is 0 Å². The number of carbonyl (C=O) groups is 1. The first-order valence-electron chi connectivity index (χ1n) is 8.34. The molecule has 0 spiro atoms. The van der Waals surface area contributed by atoms with E-state index in [1.165, 1.54) is 5.56 Å². The number of hydrogen-bond donors (Lipinski definition) is 0. The van der Waals surface area contributed by atoms with Crippen molar-refractivity contribution >= 4 is 6.03 Å². The standard InChI is InChI=1S/C20H24N2O3/c1-21(2)20(23)22-11-10-15-12-17(24-3)18(25-4)13-16(15)19(22)14-8-6-5-7-9-14/h5-9,12-13,19H,10-11H2,1-4H3/t19-/m1/s1. The highest BCUT2D eigenvalue weighted by Crippen LogP contribution is 2.41. The molecule has 1 heterocycles. The molecule has 2 aromatic carbocycles. The van der Waals surface area contributed by atoms with Gasteiger partial charge in [-0.3, -0.25) is 0 Å². The van der Waals surface area contributed by atoms with Crippen LogP contribution in [0.25, 0.3) is 0 Å². The van der Waals surface area contributed by atoms with Crippen molar-refractivity contribution in [3.63, 3.8) is 0 Å². The number of methoxy groups -OCH3 is 2. The molecule has 132 valence electrons. The van der Waals surface area contributed by atoms with Crippen LogP contribution in [0.1, 0.15) is 22.7 Å². The van der Waals surface area contributed by atoms with Crippen LogP contribution in [-0.4, -0.2) is 50.7 Å². The van der Waals surface area contributed by atoms with E-state index in [1.807, 2.05) is 35.2 Å². The molecule has 25 heavy (non-hydrogen) atoms. The van der Waals surface area contributed by atoms with E-state index in [-0.39, 0.29) is 12.1 Å². The highest BCUT2D eigenvalue weighted by Gasteiger charge is 2.33. The Bertz CT molecular complexity index is 759. The van der Waals surface area contributed by atoms with E-state index in [2.05, 4.69) is 12.1 Å². The Balaban J connectivity index is 2.15. The van der Waals surface area contributed by atoms with Crippen LogP contribution in [0.5, 0.6) is 11.5 Å². The predicted molar refractivity (Wildman–Crippen MR) is 97.3 cm³/mol. The summed E-state index contributed by atoms with van der Waals surface area (Å²) in [6.07, 6.45) is 0.790. The Kier molecular flexibility index (Phi) is 4.83. The van der Waals surface area contributed by atoms with Crippen LogP contribution < -0.4 is 9.47 Å². The Morgan fingerprint density at radius 3 is 2.32 bits per heavy atom. The second-order valence-corrected chi connectivity index (χ2v) is 6.34. The first kappa shape index (κ1) is 17.1. The van der Waals surface area contributed by atoms with Crippen molar-refractivity contribution in [1.29, 1.82) is 0 Å². The number of urea groups is 1. The number of ether oxygens (including phenoxy) is 2. The van der Waals surface area contributed by atoms with Crippen molar-refractivity contribution in [1.82, 2.24) is 9.80 Å². The molecule has 1 atom stereocenters. The summed E-state index contributed by atoms with van der Waals surface area (Å²) in [7, 11) is 6.85. The second kappa shape index (κ2) is 7.05. The molecule has 1 aliphatic heterocycles. The molecular weight excluding hydrogens is 316 g/mol. The third-order valence-corrected chi connectivity index (χ3v) is 4.62. The fourth-order valence-electron chi connectivity index (χ4n) is 3.40. The SMILES string of the molecule is COc1cc2c(cc1OC)[C@@H](c1ccccc1)N(C(=O)N(C)C)CC2. The van der Waals surface area contributed by atoms with Gasteiger partial charge >= 0.3 is 6.03 Å². The average Bonchev–Trinajstić information content (AvgIpc) is 2.65. The lowest BCUT2D eigenvalue weighted by Crippen LogP contribution is -2.45. The summed E-state index contributed by atoms with van der Waals surface area (Å²) in [5.41, 5.74) is 3.37. The minimum absolute atomic E-state index is 0.00860. The third kappa shape index (κ3) is 3.14. The molecule has 0 aromatic heterocycles. The second-order valence-electron chi connectivity index (χ2n) is 6.34. The average molecular weight is 340 g/mol. The van der Waals surface area contributed by atoms with Crippen LogP contribution in [0.4, 0.5) is 4.79 Å². The number of nitrogens with zero attached hydrogens (tertiary/aromatic N) is 2. The molecule has 0 N–H and O–H groups in total. The normalized spacial score (nSPS) is 16.2. The number of carbonyl (C=O) groups excluding carboxylic acids is 1. The zero-order valence-corrected chi connectivity index (χ0v) is 15.2. The smallest absolute Gasteiger partial charge is 0.320 e. The highest BCUT2D eigenvalue weighted by molar-refractivity contribution is 5.76. The lowest BCUT2D eigenvalue weighted by atomic mass is 9.88. The van der Waals surface area contributed by atoms with Gasteiger partial charge in [0, 0.05) is 20.6 Å². The molecule has 0 unspecified atom stereocenters. The van der Waals surface area contributed by atoms with Gasteiger partial charge in [-0.25, -0.2) is 4.79 Å². The quantitative estimate of drug-likeness (QED) is 0.861. The van der Waals surface area contributed by atoms with Gasteiger partial charge in [-0.15, -0.1) is 0 Å². The van der Waals surface area contributed by atoms with Gasteiger partial charge in [0.2, 0.25) is 0 Å². The Morgan fingerprint density at radius 2 is 1.72 bits per heavy atom. The van der Waals surface area contributed by atoms with E-state index in [9.17, 15) is 4.79 Å². The Labute approximate surface area is 148 Å². The molecule has 2 aromatic rings. The summed E-state index contributed by atoms with van der Waals surface area (Å²) >= 11 is 0. The number of rotatable bonds is 3. The lowest BCUT2D eigenvalue weighted by Gasteiger charge is -2.39. The molecule has 3 rings (SSSR count). The van der Waals surface area contributed by atoms with E-state index < -0.39 is 0 Å². The van der Waals surface area contributed by atoms with Crippen molar-refractivity contribution < 1.29 is 14.3 Å². The van der Waals surface area contributed by atoms with Crippen LogP contribution in [-0.2, 0) is 6.42 Å². The van der Waals surface area contributed by atoms with Crippen molar-refractivity contribution in [2.24, 2.45) is 0 Å². The highest BCUT2D eigenvalue weighted by atomic mass is 16.5. The first-order valence-corrected chi connectivity index (χ1v) is 8.34. The molecule has 0 saturated carbocycles. The van der Waals surface area contributed by atoms with Gasteiger partial charge < -0.3 is 19.3 Å². The number of amides is 2. The summed E-state index contributed by atoms with van der Waals surface area (Å²) in [5.74, 6) is 1.40. The maximum atomic E-state index is 12.8. The van der Waals surface area contributed by atoms with E-state index >= 15 is 0 Å². The lowest BCUT2D eigenvalue weighted by molar-refractivity contribution is 0.154. The molecule has 1 aliphatic rings. The number of fused-ring (bicyclic) bond motifs is 1. The predicted octanol–water partition coefficient (Wildman–Crippen LogP) is 3.33. The van der Waals surface area contributed by atoms with Crippen LogP contribution in [0.15, 0.2) is 42.5 Å². The van der Waals surface area contributed by atoms with Crippen molar-refractivity contribution in [3.05, 3.63) is 59.2 Å². The molecule has 0 bridgehead atoms. The van der Waals surface area contributed by atoms with Gasteiger partial charge in [-0.2, -0.15) is 0 Å². The number of hydrogen-bond acceptors (Lipinski definition) is 3. The van der Waals surface area contributed by atoms with Crippen LogP contribution >= 0.6 is 0 Å². The van der Waals surface area contributed by atoms with Crippen molar-refractivity contribution in [2.75, 3.05) is 34.9 Å². The van der Waals surface area contributed by atoms with E-state index in [0.29, 0.717) is 12.3 Å². The fourth-order valence-corrected chi connectivity index (χ4v) is 3.40. The van der Waals surface area contributed by atoms with Crippen molar-refractivity contribution in [2.45, 2.75) is 12.5 Å². The maximum Gasteiger partial charge on any atom is 0.320 e. The van der Waals surface area contributed by atoms with Gasteiger partial charge in [-0.1, -0.05) is 30.3 Å². The molecule has 0 radical (unpaired) electrons. The minimum atomic E-state index is -0.139. The zero-order valence-electron chi connectivity index (χ0n) is 15.2. The minimum Gasteiger partial charge on any atom is -0.493 e. The van der Waals surface area contributed by atoms with Gasteiger partial charge in [0.25, 0.3) is 0 Å². The van der Waals surface area contributed by atoms with Crippen molar-refractivity contribution in [3.8, 4) is 11.5 Å². The van der Waals surface area contributed by atoms with Gasteiger partial charge in [0.1, 0.15) is 0 Å². The fraction of sp³-hybridized carbons (Fsp3) is 0.350. The van der Waals surface area contributed by atoms with Gasteiger partial charge in [0.05, 0.1) is 20.3 Å². The zero-order chi connectivity index (χ0) is 18.0. The molecule has 0 fully saturated rings. The van der Waals surface area contributed by atoms with E-state index in [1.54, 1.807) is 33.2 Å². The summed E-state index contributed by atoms with van der Waals surface area (Å²) in [6, 6.07) is 14.0. The molecule has 5 nitrogen and oxygen atoms in total. The molecule has 0 aliphatic carbocycles. The Morgan fingerprint density at radius 1 is 1.08 bits per heavy atom. The summed E-state index contributed by atoms with van der Waals surface area (Å²) in [5, 5.41) is 0. The third-order valence-electron chi connectivity index (χ3n) is 4.62. The molecule has 5 heteroatoms. The summed E-state index contributed by atoms with van der Waals surface area (Å²) < 4.78 is 10.9. The number of benzene rings is 2. The van der Waals surface area contributed by atoms with Gasteiger partial charge in [-0.05, 0) is 35.2 Å². The summed E-state index contributed by atoms with van der Waals surface area (Å²) in [6.45, 7) is 0.666. The van der Waals surface area contributed by atoms with Crippen LogP contribution in [0.2, 0.25) is 0 Å².